The summed E-state index contributed by atoms with van der Waals surface area (Å²) >= 11 is 0. The van der Waals surface area contributed by atoms with Crippen LogP contribution in [-0.4, -0.2) is 65.2 Å². The zero-order valence-corrected chi connectivity index (χ0v) is 19.3. The lowest BCUT2D eigenvalue weighted by Crippen LogP contribution is -2.41. The third kappa shape index (κ3) is 4.21. The van der Waals surface area contributed by atoms with Gasteiger partial charge in [-0.15, -0.1) is 0 Å². The van der Waals surface area contributed by atoms with Gasteiger partial charge in [0.05, 0.1) is 5.56 Å². The molecule has 0 unspecified atom stereocenters. The molecule has 3 aromatic rings. The average Bonchev–Trinajstić information content (AvgIpc) is 3.15. The molecule has 1 fully saturated rings. The molecule has 3 amide bonds. The molecule has 0 bridgehead atoms. The van der Waals surface area contributed by atoms with E-state index in [0.29, 0.717) is 53.9 Å². The topological polar surface area (TPSA) is 97.6 Å². The maximum atomic E-state index is 13.0. The Kier molecular flexibility index (Phi) is 6.15. The molecule has 0 saturated carbocycles. The van der Waals surface area contributed by atoms with Gasteiger partial charge in [-0.3, -0.25) is 19.3 Å². The van der Waals surface area contributed by atoms with Gasteiger partial charge in [0.25, 0.3) is 11.8 Å². The second-order valence-corrected chi connectivity index (χ2v) is 8.78. The van der Waals surface area contributed by atoms with Gasteiger partial charge in [0, 0.05) is 61.9 Å². The molecule has 176 valence electrons. The van der Waals surface area contributed by atoms with E-state index >= 15 is 0 Å². The maximum absolute atomic E-state index is 13.0. The van der Waals surface area contributed by atoms with E-state index in [0.717, 1.165) is 18.4 Å². The SMILES string of the molecule is N#Cc1cccnc1N1CCCN(C(=O)CCCN2C(=O)c3cccc4cccc(c34)C2=O)CC1. The second-order valence-electron chi connectivity index (χ2n) is 8.78. The first kappa shape index (κ1) is 22.5. The molecule has 0 spiro atoms. The number of aromatic nitrogens is 1. The minimum atomic E-state index is -0.305. The van der Waals surface area contributed by atoms with Crippen molar-refractivity contribution >= 4 is 34.3 Å². The molecule has 2 aromatic carbocycles. The third-order valence-electron chi connectivity index (χ3n) is 6.68. The second kappa shape index (κ2) is 9.55. The van der Waals surface area contributed by atoms with Crippen LogP contribution >= 0.6 is 0 Å². The number of anilines is 1. The summed E-state index contributed by atoms with van der Waals surface area (Å²) in [4.78, 5) is 48.5. The summed E-state index contributed by atoms with van der Waals surface area (Å²) in [6.45, 7) is 2.68. The van der Waals surface area contributed by atoms with Gasteiger partial charge < -0.3 is 9.80 Å². The van der Waals surface area contributed by atoms with Crippen molar-refractivity contribution in [3.63, 3.8) is 0 Å². The highest BCUT2D eigenvalue weighted by molar-refractivity contribution is 6.25. The quantitative estimate of drug-likeness (QED) is 0.535. The highest BCUT2D eigenvalue weighted by atomic mass is 16.2. The Morgan fingerprint density at radius 1 is 0.943 bits per heavy atom. The van der Waals surface area contributed by atoms with Gasteiger partial charge in [-0.25, -0.2) is 4.98 Å². The smallest absolute Gasteiger partial charge is 0.261 e. The molecular weight excluding hydrogens is 442 g/mol. The summed E-state index contributed by atoms with van der Waals surface area (Å²) in [6.07, 6.45) is 3.12. The summed E-state index contributed by atoms with van der Waals surface area (Å²) in [5.41, 5.74) is 1.59. The van der Waals surface area contributed by atoms with Crippen LogP contribution in [0.1, 0.15) is 45.5 Å². The van der Waals surface area contributed by atoms with Crippen molar-refractivity contribution in [2.24, 2.45) is 0 Å². The largest absolute Gasteiger partial charge is 0.354 e. The molecule has 1 saturated heterocycles. The molecule has 35 heavy (non-hydrogen) atoms. The fraction of sp³-hybridized carbons (Fsp3) is 0.296. The summed E-state index contributed by atoms with van der Waals surface area (Å²) in [5, 5.41) is 10.9. The van der Waals surface area contributed by atoms with E-state index < -0.39 is 0 Å². The van der Waals surface area contributed by atoms with E-state index in [9.17, 15) is 19.6 Å². The van der Waals surface area contributed by atoms with Gasteiger partial charge in [0.1, 0.15) is 11.9 Å². The number of nitrogens with zero attached hydrogens (tertiary/aromatic N) is 5. The minimum absolute atomic E-state index is 0.00721. The van der Waals surface area contributed by atoms with Gasteiger partial charge in [0.15, 0.2) is 0 Å². The standard InChI is InChI=1S/C27H25N5O3/c28-18-20-8-3-12-29-25(20)31-14-5-13-30(16-17-31)23(33)11-4-15-32-26(34)21-9-1-6-19-7-2-10-22(24(19)21)27(32)35/h1-3,6-10,12H,4-5,11,13-17H2. The number of rotatable bonds is 5. The summed E-state index contributed by atoms with van der Waals surface area (Å²) in [7, 11) is 0. The van der Waals surface area contributed by atoms with Crippen LogP contribution in [0.4, 0.5) is 5.82 Å². The van der Waals surface area contributed by atoms with E-state index in [1.54, 1.807) is 30.5 Å². The van der Waals surface area contributed by atoms with Crippen LogP contribution in [0.5, 0.6) is 0 Å². The van der Waals surface area contributed by atoms with Gasteiger partial charge in [-0.1, -0.05) is 24.3 Å². The predicted octanol–water partition coefficient (Wildman–Crippen LogP) is 3.22. The average molecular weight is 468 g/mol. The van der Waals surface area contributed by atoms with Crippen molar-refractivity contribution in [2.75, 3.05) is 37.6 Å². The Bertz CT molecular complexity index is 1310. The van der Waals surface area contributed by atoms with Crippen molar-refractivity contribution in [3.05, 3.63) is 71.4 Å². The van der Waals surface area contributed by atoms with Crippen LogP contribution in [-0.2, 0) is 4.79 Å². The van der Waals surface area contributed by atoms with Crippen molar-refractivity contribution in [2.45, 2.75) is 19.3 Å². The van der Waals surface area contributed by atoms with Crippen LogP contribution in [0, 0.1) is 11.3 Å². The van der Waals surface area contributed by atoms with E-state index in [-0.39, 0.29) is 30.7 Å². The van der Waals surface area contributed by atoms with E-state index in [1.807, 2.05) is 29.2 Å². The molecule has 8 nitrogen and oxygen atoms in total. The van der Waals surface area contributed by atoms with E-state index in [4.69, 9.17) is 0 Å². The van der Waals surface area contributed by atoms with Gasteiger partial charge in [-0.05, 0) is 42.5 Å². The number of nitriles is 1. The lowest BCUT2D eigenvalue weighted by Gasteiger charge is -2.27. The van der Waals surface area contributed by atoms with Crippen LogP contribution in [0.2, 0.25) is 0 Å². The maximum Gasteiger partial charge on any atom is 0.261 e. The van der Waals surface area contributed by atoms with Gasteiger partial charge in [-0.2, -0.15) is 5.26 Å². The monoisotopic (exact) mass is 467 g/mol. The summed E-state index contributed by atoms with van der Waals surface area (Å²) < 4.78 is 0. The fourth-order valence-corrected chi connectivity index (χ4v) is 4.94. The van der Waals surface area contributed by atoms with Crippen molar-refractivity contribution in [1.29, 1.82) is 5.26 Å². The highest BCUT2D eigenvalue weighted by Gasteiger charge is 2.32. The Labute approximate surface area is 203 Å². The number of amides is 3. The summed E-state index contributed by atoms with van der Waals surface area (Å²) in [6, 6.07) is 16.6. The van der Waals surface area contributed by atoms with Crippen LogP contribution in [0.15, 0.2) is 54.7 Å². The number of benzene rings is 2. The van der Waals surface area contributed by atoms with Gasteiger partial charge in [0.2, 0.25) is 5.91 Å². The third-order valence-corrected chi connectivity index (χ3v) is 6.68. The number of pyridine rings is 1. The van der Waals surface area contributed by atoms with Crippen molar-refractivity contribution < 1.29 is 14.4 Å². The molecule has 2 aliphatic heterocycles. The van der Waals surface area contributed by atoms with Crippen LogP contribution in [0.3, 0.4) is 0 Å². The number of carbonyl (C=O) groups is 3. The highest BCUT2D eigenvalue weighted by Crippen LogP contribution is 2.30. The zero-order chi connectivity index (χ0) is 24.4. The predicted molar refractivity (Wildman–Crippen MR) is 131 cm³/mol. The summed E-state index contributed by atoms with van der Waals surface area (Å²) in [5.74, 6) is 0.0520. The van der Waals surface area contributed by atoms with E-state index in [2.05, 4.69) is 16.0 Å². The molecule has 5 rings (SSSR count). The molecule has 1 aromatic heterocycles. The lowest BCUT2D eigenvalue weighted by molar-refractivity contribution is -0.131. The molecule has 0 aliphatic carbocycles. The Morgan fingerprint density at radius 3 is 2.40 bits per heavy atom. The van der Waals surface area contributed by atoms with E-state index in [1.165, 1.54) is 4.90 Å². The molecule has 0 N–H and O–H groups in total. The van der Waals surface area contributed by atoms with Crippen molar-refractivity contribution in [1.82, 2.24) is 14.8 Å². The first-order valence-corrected chi connectivity index (χ1v) is 11.8. The molecule has 0 atom stereocenters. The zero-order valence-electron chi connectivity index (χ0n) is 19.3. The lowest BCUT2D eigenvalue weighted by atomic mass is 9.94. The number of carbonyl (C=O) groups excluding carboxylic acids is 3. The number of imide groups is 1. The Hall–Kier alpha value is -4.25. The Balaban J connectivity index is 1.19. The normalized spacial score (nSPS) is 15.8. The molecule has 2 aliphatic rings. The number of hydrogen-bond donors (Lipinski definition) is 0. The minimum Gasteiger partial charge on any atom is -0.354 e. The number of hydrogen-bond acceptors (Lipinski definition) is 6. The molecule has 0 radical (unpaired) electrons. The van der Waals surface area contributed by atoms with Crippen LogP contribution < -0.4 is 4.90 Å². The fourth-order valence-electron chi connectivity index (χ4n) is 4.94. The van der Waals surface area contributed by atoms with Crippen LogP contribution in [0.25, 0.3) is 10.8 Å². The first-order chi connectivity index (χ1) is 17.1. The van der Waals surface area contributed by atoms with Crippen molar-refractivity contribution in [3.8, 4) is 6.07 Å². The van der Waals surface area contributed by atoms with Gasteiger partial charge >= 0.3 is 0 Å². The molecular formula is C27H25N5O3. The molecule has 3 heterocycles. The first-order valence-electron chi connectivity index (χ1n) is 11.8. The molecule has 8 heteroatoms. The Morgan fingerprint density at radius 2 is 1.69 bits per heavy atom.